The minimum Gasteiger partial charge on any atom is -0.486 e. The van der Waals surface area contributed by atoms with Crippen LogP contribution in [0.5, 0.6) is 5.75 Å². The zero-order valence-electron chi connectivity index (χ0n) is 12.0. The summed E-state index contributed by atoms with van der Waals surface area (Å²) in [5.74, 6) is 1.02. The predicted octanol–water partition coefficient (Wildman–Crippen LogP) is 3.42. The number of rotatable bonds is 4. The third-order valence-corrected chi connectivity index (χ3v) is 3.77. The first-order valence-electron chi connectivity index (χ1n) is 6.93. The van der Waals surface area contributed by atoms with E-state index in [-0.39, 0.29) is 11.0 Å². The maximum absolute atomic E-state index is 6.19. The van der Waals surface area contributed by atoms with Crippen LogP contribution in [0.4, 0.5) is 0 Å². The van der Waals surface area contributed by atoms with E-state index in [1.165, 1.54) is 11.1 Å². The Kier molecular flexibility index (Phi) is 3.41. The average Bonchev–Trinajstić information content (AvgIpc) is 3.09. The second-order valence-corrected chi connectivity index (χ2v) is 6.42. The van der Waals surface area contributed by atoms with Crippen molar-refractivity contribution in [3.05, 3.63) is 29.3 Å². The average molecular weight is 247 g/mol. The molecule has 1 aromatic carbocycles. The highest BCUT2D eigenvalue weighted by molar-refractivity contribution is 5.42. The standard InChI is InChI=1S/C16H25NO/c1-5-12-6-7-14(13(10-12)15(2,3)4)18-16(11-17)8-9-16/h6-7,10H,5,8-9,11,17H2,1-4H3. The molecule has 2 N–H and O–H groups in total. The SMILES string of the molecule is CCc1ccc(OC2(CN)CC2)c(C(C)(C)C)c1. The van der Waals surface area contributed by atoms with Crippen LogP contribution in [0.3, 0.4) is 0 Å². The maximum atomic E-state index is 6.19. The van der Waals surface area contributed by atoms with Gasteiger partial charge < -0.3 is 10.5 Å². The lowest BCUT2D eigenvalue weighted by Crippen LogP contribution is -2.29. The van der Waals surface area contributed by atoms with Gasteiger partial charge in [0.1, 0.15) is 11.4 Å². The van der Waals surface area contributed by atoms with Crippen LogP contribution in [0.25, 0.3) is 0 Å². The molecule has 0 amide bonds. The quantitative estimate of drug-likeness (QED) is 0.885. The molecule has 0 aromatic heterocycles. The molecule has 2 nitrogen and oxygen atoms in total. The molecule has 0 heterocycles. The van der Waals surface area contributed by atoms with Gasteiger partial charge in [-0.05, 0) is 41.9 Å². The molecule has 100 valence electrons. The molecule has 0 saturated heterocycles. The minimum atomic E-state index is -0.0757. The first-order chi connectivity index (χ1) is 8.40. The summed E-state index contributed by atoms with van der Waals surface area (Å²) in [7, 11) is 0. The highest BCUT2D eigenvalue weighted by Crippen LogP contribution is 2.42. The molecule has 1 fully saturated rings. The van der Waals surface area contributed by atoms with Crippen LogP contribution in [-0.2, 0) is 11.8 Å². The van der Waals surface area contributed by atoms with Crippen LogP contribution in [0.15, 0.2) is 18.2 Å². The van der Waals surface area contributed by atoms with Crippen molar-refractivity contribution < 1.29 is 4.74 Å². The molecular weight excluding hydrogens is 222 g/mol. The zero-order valence-corrected chi connectivity index (χ0v) is 12.0. The van der Waals surface area contributed by atoms with Gasteiger partial charge in [-0.3, -0.25) is 0 Å². The topological polar surface area (TPSA) is 35.2 Å². The molecular formula is C16H25NO. The Bertz CT molecular complexity index is 427. The zero-order chi connectivity index (χ0) is 13.4. The smallest absolute Gasteiger partial charge is 0.123 e. The molecule has 0 spiro atoms. The Balaban J connectivity index is 2.34. The first kappa shape index (κ1) is 13.4. The molecule has 1 aromatic rings. The molecule has 0 aliphatic heterocycles. The monoisotopic (exact) mass is 247 g/mol. The van der Waals surface area contributed by atoms with Crippen molar-refractivity contribution in [2.45, 2.75) is 58.0 Å². The van der Waals surface area contributed by atoms with E-state index in [1.54, 1.807) is 0 Å². The van der Waals surface area contributed by atoms with E-state index < -0.39 is 0 Å². The van der Waals surface area contributed by atoms with Crippen molar-refractivity contribution in [2.24, 2.45) is 5.73 Å². The van der Waals surface area contributed by atoms with Crippen LogP contribution in [0.1, 0.15) is 51.7 Å². The summed E-state index contributed by atoms with van der Waals surface area (Å²) in [5, 5.41) is 0. The molecule has 0 atom stereocenters. The summed E-state index contributed by atoms with van der Waals surface area (Å²) in [6.45, 7) is 9.50. The summed E-state index contributed by atoms with van der Waals surface area (Å²) in [6, 6.07) is 6.56. The lowest BCUT2D eigenvalue weighted by atomic mass is 9.85. The summed E-state index contributed by atoms with van der Waals surface area (Å²) < 4.78 is 6.19. The van der Waals surface area contributed by atoms with E-state index in [1.807, 2.05) is 0 Å². The van der Waals surface area contributed by atoms with Gasteiger partial charge in [0.05, 0.1) is 0 Å². The van der Waals surface area contributed by atoms with E-state index in [0.717, 1.165) is 25.0 Å². The van der Waals surface area contributed by atoms with Gasteiger partial charge in [0.2, 0.25) is 0 Å². The molecule has 1 saturated carbocycles. The van der Waals surface area contributed by atoms with E-state index in [0.29, 0.717) is 6.54 Å². The largest absolute Gasteiger partial charge is 0.486 e. The van der Waals surface area contributed by atoms with Gasteiger partial charge in [-0.2, -0.15) is 0 Å². The molecule has 0 radical (unpaired) electrons. The molecule has 18 heavy (non-hydrogen) atoms. The van der Waals surface area contributed by atoms with Crippen molar-refractivity contribution >= 4 is 0 Å². The summed E-state index contributed by atoms with van der Waals surface area (Å²) in [6.07, 6.45) is 3.23. The van der Waals surface area contributed by atoms with Gasteiger partial charge in [0.25, 0.3) is 0 Å². The van der Waals surface area contributed by atoms with Crippen molar-refractivity contribution in [1.82, 2.24) is 0 Å². The van der Waals surface area contributed by atoms with Crippen molar-refractivity contribution in [3.8, 4) is 5.75 Å². The highest BCUT2D eigenvalue weighted by atomic mass is 16.5. The number of ether oxygens (including phenoxy) is 1. The number of hydrogen-bond donors (Lipinski definition) is 1. The molecule has 2 heteroatoms. The van der Waals surface area contributed by atoms with Gasteiger partial charge in [-0.25, -0.2) is 0 Å². The van der Waals surface area contributed by atoms with E-state index >= 15 is 0 Å². The van der Waals surface area contributed by atoms with Crippen LogP contribution >= 0.6 is 0 Å². The van der Waals surface area contributed by atoms with E-state index in [4.69, 9.17) is 10.5 Å². The van der Waals surface area contributed by atoms with E-state index in [9.17, 15) is 0 Å². The van der Waals surface area contributed by atoms with Crippen LogP contribution in [0.2, 0.25) is 0 Å². The molecule has 0 bridgehead atoms. The van der Waals surface area contributed by atoms with Gasteiger partial charge in [0, 0.05) is 6.54 Å². The predicted molar refractivity (Wildman–Crippen MR) is 76.2 cm³/mol. The second kappa shape index (κ2) is 4.58. The maximum Gasteiger partial charge on any atom is 0.123 e. The van der Waals surface area contributed by atoms with Crippen LogP contribution < -0.4 is 10.5 Å². The summed E-state index contributed by atoms with van der Waals surface area (Å²) in [4.78, 5) is 0. The molecule has 0 unspecified atom stereocenters. The highest BCUT2D eigenvalue weighted by Gasteiger charge is 2.44. The normalized spacial score (nSPS) is 17.6. The number of aryl methyl sites for hydroxylation is 1. The summed E-state index contributed by atoms with van der Waals surface area (Å²) in [5.41, 5.74) is 8.49. The Labute approximate surface area is 111 Å². The first-order valence-corrected chi connectivity index (χ1v) is 6.93. The van der Waals surface area contributed by atoms with Gasteiger partial charge in [-0.1, -0.05) is 39.8 Å². The van der Waals surface area contributed by atoms with Crippen molar-refractivity contribution in [2.75, 3.05) is 6.54 Å². The molecule has 1 aliphatic rings. The Morgan fingerprint density at radius 2 is 1.94 bits per heavy atom. The fraction of sp³-hybridized carbons (Fsp3) is 0.625. The fourth-order valence-electron chi connectivity index (χ4n) is 2.19. The third-order valence-electron chi connectivity index (χ3n) is 3.77. The third kappa shape index (κ3) is 2.69. The second-order valence-electron chi connectivity index (χ2n) is 6.42. The van der Waals surface area contributed by atoms with Gasteiger partial charge in [0.15, 0.2) is 0 Å². The van der Waals surface area contributed by atoms with Crippen LogP contribution in [-0.4, -0.2) is 12.1 Å². The lowest BCUT2D eigenvalue weighted by Gasteiger charge is -2.26. The Hall–Kier alpha value is -1.02. The lowest BCUT2D eigenvalue weighted by molar-refractivity contribution is 0.183. The minimum absolute atomic E-state index is 0.0757. The molecule has 2 rings (SSSR count). The fourth-order valence-corrected chi connectivity index (χ4v) is 2.19. The van der Waals surface area contributed by atoms with E-state index in [2.05, 4.69) is 45.9 Å². The Morgan fingerprint density at radius 3 is 2.39 bits per heavy atom. The Morgan fingerprint density at radius 1 is 1.28 bits per heavy atom. The number of nitrogens with two attached hydrogens (primary N) is 1. The summed E-state index contributed by atoms with van der Waals surface area (Å²) >= 11 is 0. The van der Waals surface area contributed by atoms with Crippen LogP contribution in [0, 0.1) is 0 Å². The molecule has 1 aliphatic carbocycles. The van der Waals surface area contributed by atoms with Gasteiger partial charge >= 0.3 is 0 Å². The van der Waals surface area contributed by atoms with Crippen molar-refractivity contribution in [3.63, 3.8) is 0 Å². The number of benzene rings is 1. The number of hydrogen-bond acceptors (Lipinski definition) is 2. The van der Waals surface area contributed by atoms with Gasteiger partial charge in [-0.15, -0.1) is 0 Å². The van der Waals surface area contributed by atoms with Crippen molar-refractivity contribution in [1.29, 1.82) is 0 Å².